The Morgan fingerprint density at radius 1 is 0.957 bits per heavy atom. The number of carbonyl (C=O) groups is 1. The first-order valence-corrected chi connectivity index (χ1v) is 7.32. The Hall–Kier alpha value is -2.11. The summed E-state index contributed by atoms with van der Waals surface area (Å²) in [5, 5.41) is 3.37. The van der Waals surface area contributed by atoms with Crippen LogP contribution in [0.25, 0.3) is 0 Å². The van der Waals surface area contributed by atoms with Crippen LogP contribution in [-0.4, -0.2) is 27.2 Å². The lowest BCUT2D eigenvalue weighted by Crippen LogP contribution is -2.13. The first-order valence-electron chi connectivity index (χ1n) is 6.57. The Bertz CT molecular complexity index is 689. The summed E-state index contributed by atoms with van der Waals surface area (Å²) in [7, 11) is 4.44. The van der Waals surface area contributed by atoms with Gasteiger partial charge in [-0.05, 0) is 24.3 Å². The number of hydrogen-bond donors (Lipinski definition) is 1. The van der Waals surface area contributed by atoms with Crippen LogP contribution in [0.15, 0.2) is 30.3 Å². The summed E-state index contributed by atoms with van der Waals surface area (Å²) in [6, 6.07) is 8.05. The van der Waals surface area contributed by atoms with E-state index in [1.54, 1.807) is 30.3 Å². The molecule has 0 spiro atoms. The van der Waals surface area contributed by atoms with Crippen LogP contribution in [0.3, 0.4) is 0 Å². The zero-order valence-electron chi connectivity index (χ0n) is 12.8. The Morgan fingerprint density at radius 3 is 1.91 bits per heavy atom. The molecule has 0 fully saturated rings. The highest BCUT2D eigenvalue weighted by Gasteiger charge is 2.18. The SMILES string of the molecule is COc1cc(C(=O)Nc2c(Cl)cccc2Cl)cc(OC)c1OC. The molecule has 0 aliphatic heterocycles. The number of hydrogen-bond acceptors (Lipinski definition) is 4. The van der Waals surface area contributed by atoms with Crippen LogP contribution in [0, 0.1) is 0 Å². The van der Waals surface area contributed by atoms with Crippen LogP contribution < -0.4 is 19.5 Å². The van der Waals surface area contributed by atoms with Gasteiger partial charge in [0.05, 0.1) is 37.1 Å². The van der Waals surface area contributed by atoms with E-state index in [4.69, 9.17) is 37.4 Å². The summed E-state index contributed by atoms with van der Waals surface area (Å²) in [4.78, 5) is 12.5. The van der Waals surface area contributed by atoms with Crippen LogP contribution in [0.4, 0.5) is 5.69 Å². The van der Waals surface area contributed by atoms with Gasteiger partial charge in [-0.2, -0.15) is 0 Å². The van der Waals surface area contributed by atoms with Crippen molar-refractivity contribution in [1.29, 1.82) is 0 Å². The van der Waals surface area contributed by atoms with E-state index in [1.165, 1.54) is 21.3 Å². The largest absolute Gasteiger partial charge is 0.493 e. The van der Waals surface area contributed by atoms with E-state index in [0.717, 1.165) is 0 Å². The molecular formula is C16H15Cl2NO4. The van der Waals surface area contributed by atoms with Crippen molar-refractivity contribution in [3.05, 3.63) is 45.9 Å². The van der Waals surface area contributed by atoms with Crippen LogP contribution >= 0.6 is 23.2 Å². The molecule has 0 aliphatic carbocycles. The number of anilines is 1. The minimum absolute atomic E-state index is 0.315. The second-order valence-electron chi connectivity index (χ2n) is 4.46. The van der Waals surface area contributed by atoms with Gasteiger partial charge in [0.25, 0.3) is 5.91 Å². The Morgan fingerprint density at radius 2 is 1.48 bits per heavy atom. The molecule has 122 valence electrons. The predicted octanol–water partition coefficient (Wildman–Crippen LogP) is 4.27. The van der Waals surface area contributed by atoms with Crippen molar-refractivity contribution >= 4 is 34.8 Å². The molecule has 0 saturated heterocycles. The number of carbonyl (C=O) groups excluding carboxylic acids is 1. The molecule has 0 aliphatic rings. The van der Waals surface area contributed by atoms with Gasteiger partial charge in [0, 0.05) is 5.56 Å². The number of methoxy groups -OCH3 is 3. The number of amides is 1. The van der Waals surface area contributed by atoms with Gasteiger partial charge in [0.1, 0.15) is 0 Å². The third-order valence-electron chi connectivity index (χ3n) is 3.13. The molecule has 5 nitrogen and oxygen atoms in total. The average Bonchev–Trinajstić information content (AvgIpc) is 2.56. The topological polar surface area (TPSA) is 56.8 Å². The Labute approximate surface area is 144 Å². The summed E-state index contributed by atoms with van der Waals surface area (Å²) < 4.78 is 15.7. The maximum atomic E-state index is 12.5. The van der Waals surface area contributed by atoms with Gasteiger partial charge in [0.2, 0.25) is 5.75 Å². The van der Waals surface area contributed by atoms with Gasteiger partial charge in [0.15, 0.2) is 11.5 Å². The van der Waals surface area contributed by atoms with Crippen LogP contribution in [0.5, 0.6) is 17.2 Å². The van der Waals surface area contributed by atoms with E-state index in [2.05, 4.69) is 5.32 Å². The minimum atomic E-state index is -0.403. The summed E-state index contributed by atoms with van der Waals surface area (Å²) >= 11 is 12.1. The molecule has 0 unspecified atom stereocenters. The molecule has 0 radical (unpaired) electrons. The van der Waals surface area contributed by atoms with Crippen LogP contribution in [0.1, 0.15) is 10.4 Å². The number of ether oxygens (including phenoxy) is 3. The molecule has 0 bridgehead atoms. The highest BCUT2D eigenvalue weighted by molar-refractivity contribution is 6.40. The van der Waals surface area contributed by atoms with Gasteiger partial charge in [-0.15, -0.1) is 0 Å². The van der Waals surface area contributed by atoms with E-state index >= 15 is 0 Å². The summed E-state index contributed by atoms with van der Waals surface area (Å²) in [6.07, 6.45) is 0. The van der Waals surface area contributed by atoms with E-state index in [-0.39, 0.29) is 0 Å². The van der Waals surface area contributed by atoms with Crippen molar-refractivity contribution in [2.45, 2.75) is 0 Å². The molecule has 0 saturated carbocycles. The first kappa shape index (κ1) is 17.2. The minimum Gasteiger partial charge on any atom is -0.493 e. The maximum Gasteiger partial charge on any atom is 0.256 e. The zero-order valence-corrected chi connectivity index (χ0v) is 14.3. The van der Waals surface area contributed by atoms with Crippen molar-refractivity contribution in [2.24, 2.45) is 0 Å². The molecule has 1 amide bonds. The van der Waals surface area contributed by atoms with Crippen molar-refractivity contribution in [3.8, 4) is 17.2 Å². The molecule has 2 aromatic carbocycles. The van der Waals surface area contributed by atoms with Crippen molar-refractivity contribution in [3.63, 3.8) is 0 Å². The second kappa shape index (κ2) is 7.44. The summed E-state index contributed by atoms with van der Waals surface area (Å²) in [6.45, 7) is 0. The van der Waals surface area contributed by atoms with Crippen LogP contribution in [-0.2, 0) is 0 Å². The number of benzene rings is 2. The average molecular weight is 356 g/mol. The van der Waals surface area contributed by atoms with Gasteiger partial charge in [-0.25, -0.2) is 0 Å². The number of rotatable bonds is 5. The number of para-hydroxylation sites is 1. The van der Waals surface area contributed by atoms with Crippen molar-refractivity contribution < 1.29 is 19.0 Å². The van der Waals surface area contributed by atoms with E-state index in [1.807, 2.05) is 0 Å². The first-order chi connectivity index (χ1) is 11.0. The third kappa shape index (κ3) is 3.63. The predicted molar refractivity (Wildman–Crippen MR) is 90.5 cm³/mol. The molecule has 1 N–H and O–H groups in total. The van der Waals surface area contributed by atoms with Crippen LogP contribution in [0.2, 0.25) is 10.0 Å². The van der Waals surface area contributed by atoms with E-state index in [9.17, 15) is 4.79 Å². The fourth-order valence-electron chi connectivity index (χ4n) is 2.02. The maximum absolute atomic E-state index is 12.5. The fraction of sp³-hybridized carbons (Fsp3) is 0.188. The zero-order chi connectivity index (χ0) is 17.0. The molecule has 2 aromatic rings. The van der Waals surface area contributed by atoms with Gasteiger partial charge in [-0.1, -0.05) is 29.3 Å². The van der Waals surface area contributed by atoms with Gasteiger partial charge >= 0.3 is 0 Å². The quantitative estimate of drug-likeness (QED) is 0.869. The molecule has 2 rings (SSSR count). The lowest BCUT2D eigenvalue weighted by atomic mass is 10.1. The standard InChI is InChI=1S/C16H15Cl2NO4/c1-21-12-7-9(8-13(22-2)15(12)23-3)16(20)19-14-10(17)5-4-6-11(14)18/h4-8H,1-3H3,(H,19,20). The fourth-order valence-corrected chi connectivity index (χ4v) is 2.51. The van der Waals surface area contributed by atoms with E-state index < -0.39 is 5.91 Å². The lowest BCUT2D eigenvalue weighted by Gasteiger charge is -2.14. The molecule has 0 atom stereocenters. The normalized spacial score (nSPS) is 10.1. The van der Waals surface area contributed by atoms with Crippen molar-refractivity contribution in [1.82, 2.24) is 0 Å². The molecule has 0 aromatic heterocycles. The van der Waals surface area contributed by atoms with Crippen molar-refractivity contribution in [2.75, 3.05) is 26.6 Å². The lowest BCUT2D eigenvalue weighted by molar-refractivity contribution is 0.102. The third-order valence-corrected chi connectivity index (χ3v) is 3.76. The molecule has 7 heteroatoms. The smallest absolute Gasteiger partial charge is 0.256 e. The highest BCUT2D eigenvalue weighted by Crippen LogP contribution is 2.38. The van der Waals surface area contributed by atoms with Gasteiger partial charge in [-0.3, -0.25) is 4.79 Å². The Balaban J connectivity index is 2.40. The number of halogens is 2. The molecule has 23 heavy (non-hydrogen) atoms. The number of nitrogens with one attached hydrogen (secondary N) is 1. The summed E-state index contributed by atoms with van der Waals surface area (Å²) in [5.41, 5.74) is 0.657. The second-order valence-corrected chi connectivity index (χ2v) is 5.28. The van der Waals surface area contributed by atoms with E-state index in [0.29, 0.717) is 38.5 Å². The summed E-state index contributed by atoms with van der Waals surface area (Å²) in [5.74, 6) is 0.756. The highest BCUT2D eigenvalue weighted by atomic mass is 35.5. The Kier molecular flexibility index (Phi) is 5.58. The molecule has 0 heterocycles. The molecular weight excluding hydrogens is 341 g/mol. The van der Waals surface area contributed by atoms with Gasteiger partial charge < -0.3 is 19.5 Å². The monoisotopic (exact) mass is 355 g/mol.